The molecule has 0 atom stereocenters. The second kappa shape index (κ2) is 7.66. The van der Waals surface area contributed by atoms with Crippen LogP contribution in [0.2, 0.25) is 0 Å². The molecule has 1 saturated heterocycles. The SMILES string of the molecule is CNCC1CCN(c2ncnc3cc(-c4cnc(OC)c(N)c4)sc23)CC1. The number of thiophene rings is 1. The van der Waals surface area contributed by atoms with Gasteiger partial charge in [0.15, 0.2) is 0 Å². The highest BCUT2D eigenvalue weighted by Crippen LogP contribution is 2.38. The summed E-state index contributed by atoms with van der Waals surface area (Å²) in [5, 5.41) is 3.29. The van der Waals surface area contributed by atoms with Crippen molar-refractivity contribution in [3.05, 3.63) is 24.7 Å². The number of anilines is 2. The monoisotopic (exact) mass is 384 g/mol. The molecule has 1 fully saturated rings. The van der Waals surface area contributed by atoms with Gasteiger partial charge in [-0.25, -0.2) is 15.0 Å². The van der Waals surface area contributed by atoms with Gasteiger partial charge < -0.3 is 20.7 Å². The lowest BCUT2D eigenvalue weighted by molar-refractivity contribution is 0.393. The van der Waals surface area contributed by atoms with Gasteiger partial charge >= 0.3 is 0 Å². The third-order valence-corrected chi connectivity index (χ3v) is 6.23. The predicted molar refractivity (Wildman–Crippen MR) is 110 cm³/mol. The largest absolute Gasteiger partial charge is 0.480 e. The summed E-state index contributed by atoms with van der Waals surface area (Å²) in [4.78, 5) is 16.8. The normalized spacial score (nSPS) is 15.4. The molecule has 0 unspecified atom stereocenters. The highest BCUT2D eigenvalue weighted by Gasteiger charge is 2.22. The number of piperidine rings is 1. The molecule has 0 aromatic carbocycles. The number of nitrogens with zero attached hydrogens (tertiary/aromatic N) is 4. The van der Waals surface area contributed by atoms with Crippen LogP contribution in [0, 0.1) is 5.92 Å². The number of hydrogen-bond acceptors (Lipinski definition) is 8. The summed E-state index contributed by atoms with van der Waals surface area (Å²) in [5.74, 6) is 2.23. The van der Waals surface area contributed by atoms with Crippen LogP contribution in [0.5, 0.6) is 5.88 Å². The topological polar surface area (TPSA) is 89.2 Å². The number of fused-ring (bicyclic) bond motifs is 1. The molecule has 0 saturated carbocycles. The Morgan fingerprint density at radius 3 is 2.78 bits per heavy atom. The van der Waals surface area contributed by atoms with E-state index < -0.39 is 0 Å². The zero-order valence-corrected chi connectivity index (χ0v) is 16.4. The third kappa shape index (κ3) is 3.54. The molecule has 0 amide bonds. The Bertz CT molecular complexity index is 935. The number of rotatable bonds is 5. The fourth-order valence-corrected chi connectivity index (χ4v) is 4.73. The first-order chi connectivity index (χ1) is 13.2. The maximum Gasteiger partial charge on any atom is 0.236 e. The molecule has 3 aromatic rings. The fraction of sp³-hybridized carbons (Fsp3) is 0.421. The summed E-state index contributed by atoms with van der Waals surface area (Å²) in [5.41, 5.74) is 8.49. The molecule has 1 aliphatic heterocycles. The molecule has 4 rings (SSSR count). The maximum atomic E-state index is 6.02. The lowest BCUT2D eigenvalue weighted by Crippen LogP contribution is -2.37. The summed E-state index contributed by atoms with van der Waals surface area (Å²) < 4.78 is 6.27. The number of nitrogens with two attached hydrogens (primary N) is 1. The Hall–Kier alpha value is -2.45. The Balaban J connectivity index is 1.64. The van der Waals surface area contributed by atoms with Crippen LogP contribution in [0.3, 0.4) is 0 Å². The Morgan fingerprint density at radius 1 is 1.26 bits per heavy atom. The number of methoxy groups -OCH3 is 1. The Morgan fingerprint density at radius 2 is 2.07 bits per heavy atom. The molecule has 7 nitrogen and oxygen atoms in total. The number of nitrogens with one attached hydrogen (secondary N) is 1. The van der Waals surface area contributed by atoms with Gasteiger partial charge in [-0.3, -0.25) is 0 Å². The summed E-state index contributed by atoms with van der Waals surface area (Å²) >= 11 is 1.69. The van der Waals surface area contributed by atoms with Crippen molar-refractivity contribution >= 4 is 33.1 Å². The van der Waals surface area contributed by atoms with Crippen LogP contribution < -0.4 is 20.7 Å². The average molecular weight is 385 g/mol. The Labute approximate surface area is 162 Å². The summed E-state index contributed by atoms with van der Waals surface area (Å²) in [6.07, 6.45) is 5.82. The molecule has 0 radical (unpaired) electrons. The van der Waals surface area contributed by atoms with Crippen molar-refractivity contribution in [1.82, 2.24) is 20.3 Å². The van der Waals surface area contributed by atoms with Crippen molar-refractivity contribution in [2.24, 2.45) is 5.92 Å². The van der Waals surface area contributed by atoms with E-state index in [1.54, 1.807) is 31.0 Å². The predicted octanol–water partition coefficient (Wildman–Crippen LogP) is 2.78. The molecule has 3 N–H and O–H groups in total. The van der Waals surface area contributed by atoms with E-state index in [-0.39, 0.29) is 0 Å². The minimum Gasteiger partial charge on any atom is -0.480 e. The van der Waals surface area contributed by atoms with E-state index in [1.165, 1.54) is 12.8 Å². The molecular formula is C19H24N6OS. The van der Waals surface area contributed by atoms with E-state index in [1.807, 2.05) is 13.1 Å². The van der Waals surface area contributed by atoms with Gasteiger partial charge in [0.1, 0.15) is 12.1 Å². The van der Waals surface area contributed by atoms with E-state index in [0.717, 1.165) is 52.0 Å². The van der Waals surface area contributed by atoms with Crippen LogP contribution in [0.25, 0.3) is 20.7 Å². The highest BCUT2D eigenvalue weighted by atomic mass is 32.1. The van der Waals surface area contributed by atoms with Gasteiger partial charge in [0.25, 0.3) is 0 Å². The minimum atomic E-state index is 0.449. The fourth-order valence-electron chi connectivity index (χ4n) is 3.62. The van der Waals surface area contributed by atoms with Gasteiger partial charge in [-0.2, -0.15) is 0 Å². The molecule has 0 aliphatic carbocycles. The van der Waals surface area contributed by atoms with Crippen molar-refractivity contribution in [3.63, 3.8) is 0 Å². The van der Waals surface area contributed by atoms with Crippen LogP contribution in [0.15, 0.2) is 24.7 Å². The highest BCUT2D eigenvalue weighted by molar-refractivity contribution is 7.22. The van der Waals surface area contributed by atoms with Gasteiger partial charge in [-0.15, -0.1) is 11.3 Å². The van der Waals surface area contributed by atoms with Gasteiger partial charge in [0.2, 0.25) is 5.88 Å². The average Bonchev–Trinajstić information content (AvgIpc) is 3.13. The Kier molecular flexibility index (Phi) is 5.09. The second-order valence-electron chi connectivity index (χ2n) is 6.83. The van der Waals surface area contributed by atoms with Crippen molar-refractivity contribution in [2.45, 2.75) is 12.8 Å². The third-order valence-electron chi connectivity index (χ3n) is 5.06. The molecule has 27 heavy (non-hydrogen) atoms. The zero-order chi connectivity index (χ0) is 18.8. The lowest BCUT2D eigenvalue weighted by Gasteiger charge is -2.32. The molecule has 8 heteroatoms. The van der Waals surface area contributed by atoms with Gasteiger partial charge in [0.05, 0.1) is 23.0 Å². The molecule has 142 valence electrons. The number of ether oxygens (including phenoxy) is 1. The summed E-state index contributed by atoms with van der Waals surface area (Å²) in [6.45, 7) is 3.15. The summed E-state index contributed by atoms with van der Waals surface area (Å²) in [6, 6.07) is 3.98. The number of nitrogen functional groups attached to an aromatic ring is 1. The van der Waals surface area contributed by atoms with Crippen molar-refractivity contribution < 1.29 is 4.74 Å². The molecule has 1 aliphatic rings. The zero-order valence-electron chi connectivity index (χ0n) is 15.6. The van der Waals surface area contributed by atoms with E-state index in [2.05, 4.69) is 31.2 Å². The molecule has 4 heterocycles. The first-order valence-electron chi connectivity index (χ1n) is 9.13. The van der Waals surface area contributed by atoms with Gasteiger partial charge in [-0.05, 0) is 44.5 Å². The molecular weight excluding hydrogens is 360 g/mol. The van der Waals surface area contributed by atoms with E-state index in [9.17, 15) is 0 Å². The first kappa shape index (κ1) is 17.9. The van der Waals surface area contributed by atoms with Crippen molar-refractivity contribution in [2.75, 3.05) is 44.4 Å². The van der Waals surface area contributed by atoms with Crippen molar-refractivity contribution in [3.8, 4) is 16.3 Å². The van der Waals surface area contributed by atoms with E-state index in [4.69, 9.17) is 10.5 Å². The van der Waals surface area contributed by atoms with Crippen LogP contribution in [-0.2, 0) is 0 Å². The smallest absolute Gasteiger partial charge is 0.236 e. The van der Waals surface area contributed by atoms with Crippen LogP contribution in [0.1, 0.15) is 12.8 Å². The number of pyridine rings is 1. The molecule has 0 bridgehead atoms. The van der Waals surface area contributed by atoms with Gasteiger partial charge in [-0.1, -0.05) is 0 Å². The van der Waals surface area contributed by atoms with Gasteiger partial charge in [0, 0.05) is 29.7 Å². The maximum absolute atomic E-state index is 6.02. The summed E-state index contributed by atoms with van der Waals surface area (Å²) in [7, 11) is 3.59. The van der Waals surface area contributed by atoms with E-state index in [0.29, 0.717) is 11.6 Å². The lowest BCUT2D eigenvalue weighted by atomic mass is 9.97. The second-order valence-corrected chi connectivity index (χ2v) is 7.89. The minimum absolute atomic E-state index is 0.449. The van der Waals surface area contributed by atoms with Crippen LogP contribution in [0.4, 0.5) is 11.5 Å². The standard InChI is InChI=1S/C19H24N6OS/c1-21-9-12-3-5-25(6-4-12)18-17-15(23-11-24-18)8-16(27-17)13-7-14(20)19(26-2)22-10-13/h7-8,10-12,21H,3-6,9,20H2,1-2H3. The molecule has 3 aromatic heterocycles. The quantitative estimate of drug-likeness (QED) is 0.699. The number of aromatic nitrogens is 3. The number of hydrogen-bond donors (Lipinski definition) is 2. The van der Waals surface area contributed by atoms with E-state index >= 15 is 0 Å². The van der Waals surface area contributed by atoms with Crippen molar-refractivity contribution in [1.29, 1.82) is 0 Å². The van der Waals surface area contributed by atoms with Crippen LogP contribution in [-0.4, -0.2) is 48.7 Å². The van der Waals surface area contributed by atoms with Crippen LogP contribution >= 0.6 is 11.3 Å². The first-order valence-corrected chi connectivity index (χ1v) is 9.95. The molecule has 0 spiro atoms.